The van der Waals surface area contributed by atoms with Gasteiger partial charge in [-0.3, -0.25) is 4.79 Å². The van der Waals surface area contributed by atoms with Crippen LogP contribution in [0.5, 0.6) is 0 Å². The van der Waals surface area contributed by atoms with Gasteiger partial charge in [0.2, 0.25) is 5.13 Å². The molecule has 0 saturated carbocycles. The first kappa shape index (κ1) is 20.0. The van der Waals surface area contributed by atoms with E-state index in [0.29, 0.717) is 22.2 Å². The first-order valence-corrected chi connectivity index (χ1v) is 10.0. The van der Waals surface area contributed by atoms with Crippen molar-refractivity contribution in [2.45, 2.75) is 19.8 Å². The molecule has 0 spiro atoms. The number of hydrogen-bond acceptors (Lipinski definition) is 7. The maximum absolute atomic E-state index is 10.8. The van der Waals surface area contributed by atoms with Crippen molar-refractivity contribution < 1.29 is 4.79 Å². The van der Waals surface area contributed by atoms with Gasteiger partial charge in [-0.2, -0.15) is 0 Å². The van der Waals surface area contributed by atoms with E-state index in [1.54, 1.807) is 18.3 Å². The minimum absolute atomic E-state index is 0.382. The Morgan fingerprint density at radius 1 is 1.29 bits per heavy atom. The number of unbranched alkanes of at least 4 members (excludes halogenated alkanes) is 1. The van der Waals surface area contributed by atoms with Crippen molar-refractivity contribution in [3.8, 4) is 10.6 Å². The number of nitrogens with zero attached hydrogens (tertiary/aromatic N) is 4. The Bertz CT molecular complexity index is 957. The van der Waals surface area contributed by atoms with Gasteiger partial charge < -0.3 is 10.2 Å². The maximum Gasteiger partial charge on any atom is 0.214 e. The fraction of sp³-hybridized carbons (Fsp3) is 0.200. The minimum Gasteiger partial charge on any atom is -0.340 e. The smallest absolute Gasteiger partial charge is 0.214 e. The second kappa shape index (κ2) is 9.43. The van der Waals surface area contributed by atoms with Gasteiger partial charge in [0.25, 0.3) is 0 Å². The number of carbonyl (C=O) groups excluding carboxylic acids is 1. The Morgan fingerprint density at radius 3 is 2.75 bits per heavy atom. The Labute approximate surface area is 172 Å². The average Bonchev–Trinajstić information content (AvgIpc) is 3.20. The summed E-state index contributed by atoms with van der Waals surface area (Å²) in [5, 5.41) is 13.8. The largest absolute Gasteiger partial charge is 0.340 e. The Morgan fingerprint density at radius 2 is 2.07 bits per heavy atom. The van der Waals surface area contributed by atoms with Crippen molar-refractivity contribution in [2.75, 3.05) is 16.8 Å². The zero-order valence-corrected chi connectivity index (χ0v) is 17.0. The molecule has 0 atom stereocenters. The lowest BCUT2D eigenvalue weighted by molar-refractivity contribution is 0.112. The predicted molar refractivity (Wildman–Crippen MR) is 115 cm³/mol. The molecule has 1 aromatic carbocycles. The molecule has 0 amide bonds. The van der Waals surface area contributed by atoms with Crippen LogP contribution in [0.2, 0.25) is 5.15 Å². The topological polar surface area (TPSA) is 71.0 Å². The first-order chi connectivity index (χ1) is 13.6. The lowest BCUT2D eigenvalue weighted by Gasteiger charge is -2.24. The molecule has 0 unspecified atom stereocenters. The second-order valence-electron chi connectivity index (χ2n) is 6.05. The lowest BCUT2D eigenvalue weighted by Crippen LogP contribution is -2.27. The molecule has 6 nitrogen and oxygen atoms in total. The van der Waals surface area contributed by atoms with Gasteiger partial charge in [-0.25, -0.2) is 4.98 Å². The van der Waals surface area contributed by atoms with E-state index < -0.39 is 0 Å². The molecule has 28 heavy (non-hydrogen) atoms. The normalized spacial score (nSPS) is 10.5. The molecule has 144 valence electrons. The van der Waals surface area contributed by atoms with E-state index in [4.69, 9.17) is 11.6 Å². The van der Waals surface area contributed by atoms with Gasteiger partial charge in [0.05, 0.1) is 5.69 Å². The lowest BCUT2D eigenvalue weighted by atomic mass is 10.2. The fourth-order valence-electron chi connectivity index (χ4n) is 2.51. The van der Waals surface area contributed by atoms with Crippen LogP contribution in [-0.4, -0.2) is 28.0 Å². The second-order valence-corrected chi connectivity index (χ2v) is 7.36. The number of aldehydes is 1. The van der Waals surface area contributed by atoms with Gasteiger partial charge in [0.1, 0.15) is 17.1 Å². The number of anilines is 2. The number of aromatic nitrogens is 3. The maximum atomic E-state index is 10.8. The molecule has 0 aliphatic carbocycles. The molecule has 0 bridgehead atoms. The Kier molecular flexibility index (Phi) is 6.73. The number of pyridine rings is 1. The highest BCUT2D eigenvalue weighted by atomic mass is 35.5. The molecule has 2 heterocycles. The predicted octanol–water partition coefficient (Wildman–Crippen LogP) is 5.26. The van der Waals surface area contributed by atoms with Crippen molar-refractivity contribution in [3.63, 3.8) is 0 Å². The minimum atomic E-state index is 0.382. The van der Waals surface area contributed by atoms with Crippen LogP contribution in [0.1, 0.15) is 30.1 Å². The van der Waals surface area contributed by atoms with E-state index in [1.165, 1.54) is 11.3 Å². The third kappa shape index (κ3) is 4.74. The monoisotopic (exact) mass is 413 g/mol. The van der Waals surface area contributed by atoms with Crippen LogP contribution >= 0.6 is 22.9 Å². The summed E-state index contributed by atoms with van der Waals surface area (Å²) in [5.41, 5.74) is 2.23. The van der Waals surface area contributed by atoms with E-state index in [1.807, 2.05) is 29.2 Å². The van der Waals surface area contributed by atoms with Crippen molar-refractivity contribution in [3.05, 3.63) is 65.7 Å². The molecule has 0 fully saturated rings. The molecule has 3 aromatic rings. The molecule has 0 saturated heterocycles. The highest BCUT2D eigenvalue weighted by Gasteiger charge is 2.17. The summed E-state index contributed by atoms with van der Waals surface area (Å²) < 4.78 is 0. The van der Waals surface area contributed by atoms with Crippen LogP contribution in [-0.2, 0) is 0 Å². The van der Waals surface area contributed by atoms with Crippen LogP contribution in [0.4, 0.5) is 10.8 Å². The molecular formula is C20H20ClN5OS. The molecule has 2 aromatic heterocycles. The highest BCUT2D eigenvalue weighted by molar-refractivity contribution is 7.18. The van der Waals surface area contributed by atoms with Gasteiger partial charge in [-0.05, 0) is 18.6 Å². The van der Waals surface area contributed by atoms with E-state index in [0.717, 1.165) is 41.4 Å². The van der Waals surface area contributed by atoms with Gasteiger partial charge >= 0.3 is 0 Å². The number of hydrogen-bond donors (Lipinski definition) is 1. The van der Waals surface area contributed by atoms with E-state index >= 15 is 0 Å². The molecular weight excluding hydrogens is 394 g/mol. The Balaban J connectivity index is 1.83. The zero-order valence-electron chi connectivity index (χ0n) is 15.4. The number of carbonyl (C=O) groups is 1. The van der Waals surface area contributed by atoms with Crippen LogP contribution in [0.25, 0.3) is 10.6 Å². The van der Waals surface area contributed by atoms with E-state index in [2.05, 4.69) is 34.0 Å². The summed E-state index contributed by atoms with van der Waals surface area (Å²) in [6.45, 7) is 7.03. The average molecular weight is 414 g/mol. The summed E-state index contributed by atoms with van der Waals surface area (Å²) >= 11 is 7.62. The van der Waals surface area contributed by atoms with Crippen molar-refractivity contribution in [1.29, 1.82) is 0 Å². The standard InChI is InChI=1S/C20H20ClN5OS/c1-3-4-12-26(14(2)23-17-6-5-11-22-18(17)21)20-25-24-19(28-20)16-9-7-15(13-27)8-10-16/h5-11,13,23H,2-4,12H2,1H3. The summed E-state index contributed by atoms with van der Waals surface area (Å²) in [7, 11) is 0. The van der Waals surface area contributed by atoms with Gasteiger partial charge in [-0.15, -0.1) is 10.2 Å². The van der Waals surface area contributed by atoms with Gasteiger partial charge in [0.15, 0.2) is 5.15 Å². The molecule has 8 heteroatoms. The third-order valence-electron chi connectivity index (χ3n) is 4.04. The zero-order chi connectivity index (χ0) is 19.9. The van der Waals surface area contributed by atoms with Crippen molar-refractivity contribution in [2.24, 2.45) is 0 Å². The summed E-state index contributed by atoms with van der Waals surface area (Å²) in [5.74, 6) is 0.655. The highest BCUT2D eigenvalue weighted by Crippen LogP contribution is 2.31. The first-order valence-electron chi connectivity index (χ1n) is 8.85. The summed E-state index contributed by atoms with van der Waals surface area (Å²) in [6, 6.07) is 10.9. The van der Waals surface area contributed by atoms with Crippen LogP contribution in [0, 0.1) is 0 Å². The molecule has 0 radical (unpaired) electrons. The molecule has 1 N–H and O–H groups in total. The van der Waals surface area contributed by atoms with Crippen LogP contribution in [0.15, 0.2) is 55.0 Å². The Hall–Kier alpha value is -2.77. The number of rotatable bonds is 9. The molecule has 0 aliphatic heterocycles. The third-order valence-corrected chi connectivity index (χ3v) is 5.33. The van der Waals surface area contributed by atoms with E-state index in [-0.39, 0.29) is 0 Å². The SMILES string of the molecule is C=C(Nc1cccnc1Cl)N(CCCC)c1nnc(-c2ccc(C=O)cc2)s1. The van der Waals surface area contributed by atoms with Crippen LogP contribution in [0.3, 0.4) is 0 Å². The molecule has 3 rings (SSSR count). The van der Waals surface area contributed by atoms with Crippen molar-refractivity contribution >= 4 is 40.0 Å². The molecule has 0 aliphatic rings. The number of nitrogens with one attached hydrogen (secondary N) is 1. The fourth-order valence-corrected chi connectivity index (χ4v) is 3.58. The summed E-state index contributed by atoms with van der Waals surface area (Å²) in [6.07, 6.45) is 4.47. The number of halogens is 1. The summed E-state index contributed by atoms with van der Waals surface area (Å²) in [4.78, 5) is 16.9. The van der Waals surface area contributed by atoms with Crippen molar-refractivity contribution in [1.82, 2.24) is 15.2 Å². The quantitative estimate of drug-likeness (QED) is 0.381. The van der Waals surface area contributed by atoms with E-state index in [9.17, 15) is 4.79 Å². The van der Waals surface area contributed by atoms with Crippen LogP contribution < -0.4 is 10.2 Å². The van der Waals surface area contributed by atoms with Gasteiger partial charge in [0, 0.05) is 23.9 Å². The number of benzene rings is 1. The van der Waals surface area contributed by atoms with Gasteiger partial charge in [-0.1, -0.05) is 67.1 Å².